The Balaban J connectivity index is 1.60. The number of carbonyl (C=O) groups is 1. The summed E-state index contributed by atoms with van der Waals surface area (Å²) in [6.07, 6.45) is -0.201. The molecule has 1 atom stereocenters. The van der Waals surface area contributed by atoms with Crippen molar-refractivity contribution in [1.82, 2.24) is 19.7 Å². The second kappa shape index (κ2) is 7.40. The minimum Gasteiger partial charge on any atom is -0.333 e. The van der Waals surface area contributed by atoms with Crippen molar-refractivity contribution in [2.75, 3.05) is 6.54 Å². The molecule has 140 valence electrons. The summed E-state index contributed by atoms with van der Waals surface area (Å²) in [4.78, 5) is 13.9. The van der Waals surface area contributed by atoms with Crippen LogP contribution in [0, 0.1) is 17.5 Å². The molecular weight excluding hydrogens is 354 g/mol. The molecule has 0 saturated heterocycles. The smallest absolute Gasteiger partial charge is 0.224 e. The normalized spacial score (nSPS) is 15.0. The van der Waals surface area contributed by atoms with Crippen molar-refractivity contribution in [1.29, 1.82) is 0 Å². The van der Waals surface area contributed by atoms with Crippen molar-refractivity contribution in [3.05, 3.63) is 46.8 Å². The number of hydrogen-bond donors (Lipinski definition) is 1. The first-order valence-corrected chi connectivity index (χ1v) is 8.02. The largest absolute Gasteiger partial charge is 0.333 e. The van der Waals surface area contributed by atoms with Crippen molar-refractivity contribution in [3.8, 4) is 0 Å². The molecule has 0 radical (unpaired) electrons. The highest BCUT2D eigenvalue weighted by molar-refractivity contribution is 5.76. The van der Waals surface area contributed by atoms with Gasteiger partial charge in [-0.3, -0.25) is 4.79 Å². The maximum atomic E-state index is 13.7. The first kappa shape index (κ1) is 18.3. The fraction of sp³-hybridized carbons (Fsp3) is 0.438. The Morgan fingerprint density at radius 3 is 2.62 bits per heavy atom. The van der Waals surface area contributed by atoms with Crippen LogP contribution in [0.2, 0.25) is 0 Å². The molecule has 1 aliphatic rings. The Hall–Kier alpha value is -2.49. The summed E-state index contributed by atoms with van der Waals surface area (Å²) in [6.45, 7) is 0.174. The SMILES string of the molecule is N[C@@H](CC(=O)N1CCn2c(CF)nnc2C1)Cc1cc(F)c(F)cc1F. The number of halogens is 4. The number of fused-ring (bicyclic) bond motifs is 1. The molecule has 26 heavy (non-hydrogen) atoms. The van der Waals surface area contributed by atoms with Crippen LogP contribution in [-0.4, -0.2) is 38.2 Å². The molecule has 1 aromatic heterocycles. The zero-order valence-electron chi connectivity index (χ0n) is 13.8. The number of nitrogens with two attached hydrogens (primary N) is 1. The van der Waals surface area contributed by atoms with Crippen LogP contribution >= 0.6 is 0 Å². The molecule has 1 amide bonds. The Labute approximate surface area is 146 Å². The third kappa shape index (κ3) is 3.69. The van der Waals surface area contributed by atoms with Gasteiger partial charge in [0.25, 0.3) is 0 Å². The number of benzene rings is 1. The number of hydrogen-bond acceptors (Lipinski definition) is 4. The molecule has 2 N–H and O–H groups in total. The molecule has 0 spiro atoms. The van der Waals surface area contributed by atoms with E-state index >= 15 is 0 Å². The minimum atomic E-state index is -1.28. The average molecular weight is 371 g/mol. The van der Waals surface area contributed by atoms with Gasteiger partial charge < -0.3 is 15.2 Å². The van der Waals surface area contributed by atoms with E-state index < -0.39 is 30.2 Å². The molecule has 0 fully saturated rings. The van der Waals surface area contributed by atoms with Crippen molar-refractivity contribution in [3.63, 3.8) is 0 Å². The number of carbonyl (C=O) groups excluding carboxylic acids is 1. The topological polar surface area (TPSA) is 77.0 Å². The van der Waals surface area contributed by atoms with Crippen LogP contribution < -0.4 is 5.73 Å². The number of aromatic nitrogens is 3. The van der Waals surface area contributed by atoms with Crippen molar-refractivity contribution >= 4 is 5.91 Å². The molecular formula is C16H17F4N5O. The average Bonchev–Trinajstić information content (AvgIpc) is 3.01. The Morgan fingerprint density at radius 1 is 1.15 bits per heavy atom. The van der Waals surface area contributed by atoms with Gasteiger partial charge in [-0.1, -0.05) is 0 Å². The molecule has 1 aliphatic heterocycles. The molecule has 3 rings (SSSR count). The van der Waals surface area contributed by atoms with E-state index in [1.165, 1.54) is 4.90 Å². The molecule has 0 saturated carbocycles. The van der Waals surface area contributed by atoms with Crippen LogP contribution in [0.3, 0.4) is 0 Å². The van der Waals surface area contributed by atoms with E-state index in [2.05, 4.69) is 10.2 Å². The van der Waals surface area contributed by atoms with Gasteiger partial charge in [0.05, 0.1) is 6.54 Å². The highest BCUT2D eigenvalue weighted by atomic mass is 19.2. The highest BCUT2D eigenvalue weighted by Crippen LogP contribution is 2.18. The molecule has 2 heterocycles. The summed E-state index contributed by atoms with van der Waals surface area (Å²) in [6, 6.07) is 0.443. The number of amides is 1. The van der Waals surface area contributed by atoms with Gasteiger partial charge in [0, 0.05) is 31.6 Å². The van der Waals surface area contributed by atoms with Crippen LogP contribution in [0.1, 0.15) is 23.6 Å². The van der Waals surface area contributed by atoms with E-state index in [1.807, 2.05) is 0 Å². The summed E-state index contributed by atoms with van der Waals surface area (Å²) in [5, 5.41) is 7.58. The van der Waals surface area contributed by atoms with Crippen molar-refractivity contribution < 1.29 is 22.4 Å². The molecule has 0 bridgehead atoms. The summed E-state index contributed by atoms with van der Waals surface area (Å²) >= 11 is 0. The van der Waals surface area contributed by atoms with Gasteiger partial charge in [-0.15, -0.1) is 10.2 Å². The lowest BCUT2D eigenvalue weighted by molar-refractivity contribution is -0.133. The lowest BCUT2D eigenvalue weighted by Crippen LogP contribution is -2.41. The molecule has 0 aliphatic carbocycles. The standard InChI is InChI=1S/C16H17F4N5O/c17-7-14-22-23-15-8-24(1-2-25(14)15)16(26)5-10(21)3-9-4-12(19)13(20)6-11(9)18/h4,6,10H,1-3,5,7-8,21H2/t10-/m1/s1. The predicted octanol–water partition coefficient (Wildman–Crippen LogP) is 1.47. The van der Waals surface area contributed by atoms with E-state index in [4.69, 9.17) is 5.73 Å². The Morgan fingerprint density at radius 2 is 1.88 bits per heavy atom. The third-order valence-corrected chi connectivity index (χ3v) is 4.31. The highest BCUT2D eigenvalue weighted by Gasteiger charge is 2.25. The summed E-state index contributed by atoms with van der Waals surface area (Å²) in [5.74, 6) is -2.93. The lowest BCUT2D eigenvalue weighted by atomic mass is 10.0. The Kier molecular flexibility index (Phi) is 5.21. The predicted molar refractivity (Wildman–Crippen MR) is 82.9 cm³/mol. The molecule has 6 nitrogen and oxygen atoms in total. The van der Waals surface area contributed by atoms with Crippen LogP contribution in [-0.2, 0) is 31.0 Å². The van der Waals surface area contributed by atoms with E-state index in [0.29, 0.717) is 25.0 Å². The van der Waals surface area contributed by atoms with Gasteiger partial charge in [-0.2, -0.15) is 0 Å². The van der Waals surface area contributed by atoms with Crippen LogP contribution in [0.25, 0.3) is 0 Å². The van der Waals surface area contributed by atoms with E-state index in [0.717, 1.165) is 6.07 Å². The number of nitrogens with zero attached hydrogens (tertiary/aromatic N) is 4. The van der Waals surface area contributed by atoms with Gasteiger partial charge >= 0.3 is 0 Å². The van der Waals surface area contributed by atoms with E-state index in [9.17, 15) is 22.4 Å². The summed E-state index contributed by atoms with van der Waals surface area (Å²) < 4.78 is 54.3. The van der Waals surface area contributed by atoms with Crippen molar-refractivity contribution in [2.45, 2.75) is 38.6 Å². The van der Waals surface area contributed by atoms with Gasteiger partial charge in [0.1, 0.15) is 12.5 Å². The van der Waals surface area contributed by atoms with Gasteiger partial charge in [-0.25, -0.2) is 17.6 Å². The molecule has 2 aromatic rings. The summed E-state index contributed by atoms with van der Waals surface area (Å²) in [5.41, 5.74) is 5.79. The molecule has 10 heteroatoms. The zero-order chi connectivity index (χ0) is 18.8. The maximum absolute atomic E-state index is 13.7. The lowest BCUT2D eigenvalue weighted by Gasteiger charge is -2.28. The number of rotatable bonds is 5. The van der Waals surface area contributed by atoms with E-state index in [1.54, 1.807) is 4.57 Å². The minimum absolute atomic E-state index is 0.0878. The first-order chi connectivity index (χ1) is 12.4. The second-order valence-electron chi connectivity index (χ2n) is 6.16. The maximum Gasteiger partial charge on any atom is 0.224 e. The fourth-order valence-corrected chi connectivity index (χ4v) is 2.96. The Bertz CT molecular complexity index is 825. The monoisotopic (exact) mass is 371 g/mol. The summed E-state index contributed by atoms with van der Waals surface area (Å²) in [7, 11) is 0. The second-order valence-corrected chi connectivity index (χ2v) is 6.16. The number of alkyl halides is 1. The zero-order valence-corrected chi connectivity index (χ0v) is 13.8. The first-order valence-electron chi connectivity index (χ1n) is 8.02. The quantitative estimate of drug-likeness (QED) is 0.638. The van der Waals surface area contributed by atoms with Crippen molar-refractivity contribution in [2.24, 2.45) is 5.73 Å². The van der Waals surface area contributed by atoms with Crippen LogP contribution in [0.5, 0.6) is 0 Å². The van der Waals surface area contributed by atoms with Gasteiger partial charge in [0.2, 0.25) is 5.91 Å². The van der Waals surface area contributed by atoms with Crippen LogP contribution in [0.15, 0.2) is 12.1 Å². The molecule has 1 aromatic carbocycles. The van der Waals surface area contributed by atoms with Gasteiger partial charge in [-0.05, 0) is 18.1 Å². The van der Waals surface area contributed by atoms with Gasteiger partial charge in [0.15, 0.2) is 23.3 Å². The van der Waals surface area contributed by atoms with E-state index in [-0.39, 0.29) is 36.7 Å². The molecule has 0 unspecified atom stereocenters. The third-order valence-electron chi connectivity index (χ3n) is 4.31. The fourth-order valence-electron chi connectivity index (χ4n) is 2.96. The van der Waals surface area contributed by atoms with Crippen LogP contribution in [0.4, 0.5) is 17.6 Å².